The fourth-order valence-corrected chi connectivity index (χ4v) is 2.01. The lowest BCUT2D eigenvalue weighted by Gasteiger charge is -2.28. The molecule has 2 heterocycles. The average molecular weight is 206 g/mol. The third-order valence-corrected chi connectivity index (χ3v) is 2.77. The number of hydrogen-bond acceptors (Lipinski definition) is 4. The number of nitrogens with one attached hydrogen (secondary N) is 1. The molecule has 2 aliphatic heterocycles. The second-order valence-electron chi connectivity index (χ2n) is 4.07. The van der Waals surface area contributed by atoms with Gasteiger partial charge in [-0.15, -0.1) is 0 Å². The minimum absolute atomic E-state index is 0.600. The molecule has 0 bridgehead atoms. The molecule has 0 radical (unpaired) electrons. The van der Waals surface area contributed by atoms with E-state index in [1.165, 1.54) is 11.1 Å². The molecule has 0 spiro atoms. The first-order valence-corrected chi connectivity index (χ1v) is 5.13. The lowest BCUT2D eigenvalue weighted by molar-refractivity contribution is 0.120. The van der Waals surface area contributed by atoms with Crippen molar-refractivity contribution < 1.29 is 9.47 Å². The van der Waals surface area contributed by atoms with Crippen LogP contribution in [-0.4, -0.2) is 25.4 Å². The quantitative estimate of drug-likeness (QED) is 0.684. The number of nitrogens with zero attached hydrogens (tertiary/aromatic N) is 1. The van der Waals surface area contributed by atoms with Crippen LogP contribution in [0.3, 0.4) is 0 Å². The third-order valence-electron chi connectivity index (χ3n) is 2.77. The number of ether oxygens (including phenoxy) is 2. The van der Waals surface area contributed by atoms with Crippen LogP contribution in [0.2, 0.25) is 0 Å². The van der Waals surface area contributed by atoms with E-state index < -0.39 is 0 Å². The summed E-state index contributed by atoms with van der Waals surface area (Å²) in [7, 11) is 2.05. The number of fused-ring (bicyclic) bond motifs is 2. The summed E-state index contributed by atoms with van der Waals surface area (Å²) in [6, 6.07) is 4.19. The molecule has 1 aromatic carbocycles. The van der Waals surface area contributed by atoms with Crippen molar-refractivity contribution in [3.8, 4) is 11.5 Å². The van der Waals surface area contributed by atoms with Crippen LogP contribution in [0.25, 0.3) is 0 Å². The van der Waals surface area contributed by atoms with Gasteiger partial charge in [0.2, 0.25) is 0 Å². The summed E-state index contributed by atoms with van der Waals surface area (Å²) in [6.45, 7) is 3.06. The minimum Gasteiger partial charge on any atom is -0.478 e. The standard InChI is InChI=1S/C11H14N2O2/c1-13-5-9-3-10-8(4-12-6-14-10)2-11(9)15-7-13/h2-3,12H,4-7H2,1H3. The molecule has 0 atom stereocenters. The van der Waals surface area contributed by atoms with Crippen LogP contribution >= 0.6 is 0 Å². The van der Waals surface area contributed by atoms with E-state index in [0.717, 1.165) is 24.6 Å². The molecule has 1 N–H and O–H groups in total. The first kappa shape index (κ1) is 9.00. The SMILES string of the molecule is CN1COc2cc3c(cc2C1)OCNC3. The monoisotopic (exact) mass is 206 g/mol. The van der Waals surface area contributed by atoms with Crippen LogP contribution in [0, 0.1) is 0 Å². The molecule has 0 amide bonds. The third kappa shape index (κ3) is 1.56. The fraction of sp³-hybridized carbons (Fsp3) is 0.455. The summed E-state index contributed by atoms with van der Waals surface area (Å²) in [6.07, 6.45) is 0. The zero-order valence-electron chi connectivity index (χ0n) is 8.75. The maximum Gasteiger partial charge on any atom is 0.142 e. The molecular weight excluding hydrogens is 192 g/mol. The van der Waals surface area contributed by atoms with Gasteiger partial charge in [-0.05, 0) is 19.2 Å². The largest absolute Gasteiger partial charge is 0.478 e. The van der Waals surface area contributed by atoms with E-state index in [1.807, 2.05) is 7.05 Å². The van der Waals surface area contributed by atoms with E-state index in [0.29, 0.717) is 13.5 Å². The van der Waals surface area contributed by atoms with Gasteiger partial charge in [0.15, 0.2) is 0 Å². The Kier molecular flexibility index (Phi) is 2.04. The van der Waals surface area contributed by atoms with Gasteiger partial charge in [-0.2, -0.15) is 0 Å². The van der Waals surface area contributed by atoms with Gasteiger partial charge >= 0.3 is 0 Å². The fourth-order valence-electron chi connectivity index (χ4n) is 2.01. The Morgan fingerprint density at radius 2 is 2.00 bits per heavy atom. The predicted molar refractivity (Wildman–Crippen MR) is 55.7 cm³/mol. The Balaban J connectivity index is 2.02. The molecule has 0 saturated heterocycles. The van der Waals surface area contributed by atoms with Crippen molar-refractivity contribution in [2.24, 2.45) is 0 Å². The Hall–Kier alpha value is -1.26. The summed E-state index contributed by atoms with van der Waals surface area (Å²) in [5.74, 6) is 1.99. The predicted octanol–water partition coefficient (Wildman–Crippen LogP) is 0.908. The van der Waals surface area contributed by atoms with E-state index in [1.54, 1.807) is 0 Å². The first-order chi connectivity index (χ1) is 7.33. The van der Waals surface area contributed by atoms with Gasteiger partial charge in [-0.25, -0.2) is 0 Å². The Labute approximate surface area is 88.8 Å². The maximum atomic E-state index is 5.64. The van der Waals surface area contributed by atoms with Crippen molar-refractivity contribution in [3.63, 3.8) is 0 Å². The van der Waals surface area contributed by atoms with Crippen LogP contribution in [-0.2, 0) is 13.1 Å². The zero-order chi connectivity index (χ0) is 10.3. The van der Waals surface area contributed by atoms with Gasteiger partial charge in [-0.3, -0.25) is 10.2 Å². The summed E-state index contributed by atoms with van der Waals surface area (Å²) in [5, 5.41) is 3.17. The summed E-state index contributed by atoms with van der Waals surface area (Å²) < 4.78 is 11.2. The van der Waals surface area contributed by atoms with Crippen molar-refractivity contribution in [1.29, 1.82) is 0 Å². The number of rotatable bonds is 0. The van der Waals surface area contributed by atoms with Crippen LogP contribution in [0.4, 0.5) is 0 Å². The van der Waals surface area contributed by atoms with Crippen LogP contribution < -0.4 is 14.8 Å². The lowest BCUT2D eigenvalue weighted by Crippen LogP contribution is -2.30. The summed E-state index contributed by atoms with van der Waals surface area (Å²) in [5.41, 5.74) is 2.40. The maximum absolute atomic E-state index is 5.64. The smallest absolute Gasteiger partial charge is 0.142 e. The minimum atomic E-state index is 0.600. The van der Waals surface area contributed by atoms with Gasteiger partial charge in [0.1, 0.15) is 25.0 Å². The van der Waals surface area contributed by atoms with Crippen LogP contribution in [0.1, 0.15) is 11.1 Å². The molecule has 1 aromatic rings. The molecule has 0 aliphatic carbocycles. The first-order valence-electron chi connectivity index (χ1n) is 5.13. The van der Waals surface area contributed by atoms with Gasteiger partial charge in [0.25, 0.3) is 0 Å². The molecule has 0 fully saturated rings. The molecular formula is C11H14N2O2. The van der Waals surface area contributed by atoms with Crippen molar-refractivity contribution in [1.82, 2.24) is 10.2 Å². The van der Waals surface area contributed by atoms with Crippen molar-refractivity contribution in [2.45, 2.75) is 13.1 Å². The molecule has 15 heavy (non-hydrogen) atoms. The molecule has 2 aliphatic rings. The van der Waals surface area contributed by atoms with Crippen molar-refractivity contribution in [3.05, 3.63) is 23.3 Å². The molecule has 0 unspecified atom stereocenters. The molecule has 4 nitrogen and oxygen atoms in total. The van der Waals surface area contributed by atoms with E-state index >= 15 is 0 Å². The van der Waals surface area contributed by atoms with Gasteiger partial charge in [0.05, 0.1) is 0 Å². The normalized spacial score (nSPS) is 19.8. The Morgan fingerprint density at radius 1 is 1.20 bits per heavy atom. The van der Waals surface area contributed by atoms with E-state index in [-0.39, 0.29) is 0 Å². The number of benzene rings is 1. The zero-order valence-corrected chi connectivity index (χ0v) is 8.75. The summed E-state index contributed by atoms with van der Waals surface area (Å²) in [4.78, 5) is 2.13. The highest BCUT2D eigenvalue weighted by Gasteiger charge is 2.19. The highest BCUT2D eigenvalue weighted by molar-refractivity contribution is 5.47. The molecule has 80 valence electrons. The highest BCUT2D eigenvalue weighted by atomic mass is 16.5. The Bertz CT molecular complexity index is 392. The van der Waals surface area contributed by atoms with Crippen LogP contribution in [0.5, 0.6) is 11.5 Å². The van der Waals surface area contributed by atoms with Crippen LogP contribution in [0.15, 0.2) is 12.1 Å². The molecule has 0 saturated carbocycles. The van der Waals surface area contributed by atoms with Gasteiger partial charge in [-0.1, -0.05) is 0 Å². The van der Waals surface area contributed by atoms with E-state index in [4.69, 9.17) is 9.47 Å². The highest BCUT2D eigenvalue weighted by Crippen LogP contribution is 2.33. The lowest BCUT2D eigenvalue weighted by atomic mass is 10.1. The topological polar surface area (TPSA) is 33.7 Å². The Morgan fingerprint density at radius 3 is 2.93 bits per heavy atom. The molecule has 3 rings (SSSR count). The second-order valence-corrected chi connectivity index (χ2v) is 4.07. The van der Waals surface area contributed by atoms with Crippen molar-refractivity contribution in [2.75, 3.05) is 20.5 Å². The average Bonchev–Trinajstić information content (AvgIpc) is 2.26. The van der Waals surface area contributed by atoms with Crippen molar-refractivity contribution >= 4 is 0 Å². The second kappa shape index (κ2) is 3.40. The van der Waals surface area contributed by atoms with Gasteiger partial charge < -0.3 is 9.47 Å². The summed E-state index contributed by atoms with van der Waals surface area (Å²) >= 11 is 0. The molecule has 0 aromatic heterocycles. The van der Waals surface area contributed by atoms with E-state index in [2.05, 4.69) is 22.3 Å². The van der Waals surface area contributed by atoms with Gasteiger partial charge in [0, 0.05) is 24.2 Å². The number of hydrogen-bond donors (Lipinski definition) is 1. The molecule has 4 heteroatoms. The van der Waals surface area contributed by atoms with E-state index in [9.17, 15) is 0 Å².